The van der Waals surface area contributed by atoms with Gasteiger partial charge in [-0.1, -0.05) is 11.6 Å². The van der Waals surface area contributed by atoms with Gasteiger partial charge >= 0.3 is 0 Å². The number of hydrogen-bond acceptors (Lipinski definition) is 7. The third-order valence-electron chi connectivity index (χ3n) is 4.06. The lowest BCUT2D eigenvalue weighted by Gasteiger charge is -2.34. The number of nitrogens with one attached hydrogen (secondary N) is 1. The van der Waals surface area contributed by atoms with Crippen molar-refractivity contribution in [2.75, 3.05) is 18.4 Å². The summed E-state index contributed by atoms with van der Waals surface area (Å²) < 4.78 is 5.72. The molecular weight excluding hydrogens is 392 g/mol. The van der Waals surface area contributed by atoms with Crippen LogP contribution in [0.5, 0.6) is 0 Å². The first-order valence-electron chi connectivity index (χ1n) is 8.39. The molecule has 0 radical (unpaired) electrons. The Morgan fingerprint density at radius 3 is 2.81 bits per heavy atom. The smallest absolute Gasteiger partial charge is 0.288 e. The largest absolute Gasteiger partial charge is 0.373 e. The first kappa shape index (κ1) is 19.7. The van der Waals surface area contributed by atoms with Crippen LogP contribution >= 0.6 is 22.9 Å². The van der Waals surface area contributed by atoms with Crippen LogP contribution in [0, 0.1) is 10.1 Å². The monoisotopic (exact) mass is 410 g/mol. The highest BCUT2D eigenvalue weighted by molar-refractivity contribution is 7.14. The number of amides is 1. The third-order valence-corrected chi connectivity index (χ3v) is 5.18. The maximum atomic E-state index is 12.3. The Kier molecular flexibility index (Phi) is 6.05. The SMILES string of the molecule is C[C@@H]1CN(Cc2csc(NC(=O)c3ccc(Cl)c([N+](=O)[O-])c3)n2)C[C@H](C)O1. The Balaban J connectivity index is 1.64. The molecule has 10 heteroatoms. The number of carbonyl (C=O) groups is 1. The highest BCUT2D eigenvalue weighted by Gasteiger charge is 2.23. The Hall–Kier alpha value is -2.07. The number of nitro groups is 1. The maximum absolute atomic E-state index is 12.3. The Morgan fingerprint density at radius 1 is 1.44 bits per heavy atom. The molecule has 3 rings (SSSR count). The van der Waals surface area contributed by atoms with E-state index in [9.17, 15) is 14.9 Å². The molecule has 1 aromatic carbocycles. The maximum Gasteiger partial charge on any atom is 0.288 e. The summed E-state index contributed by atoms with van der Waals surface area (Å²) in [4.78, 5) is 29.4. The second-order valence-electron chi connectivity index (χ2n) is 6.47. The van der Waals surface area contributed by atoms with Crippen molar-refractivity contribution in [3.63, 3.8) is 0 Å². The van der Waals surface area contributed by atoms with E-state index in [4.69, 9.17) is 16.3 Å². The molecule has 1 saturated heterocycles. The predicted octanol–water partition coefficient (Wildman–Crippen LogP) is 3.57. The van der Waals surface area contributed by atoms with Crippen molar-refractivity contribution in [3.05, 3.63) is 50.0 Å². The summed E-state index contributed by atoms with van der Waals surface area (Å²) in [5, 5.41) is 16.0. The van der Waals surface area contributed by atoms with Gasteiger partial charge in [-0.3, -0.25) is 25.1 Å². The van der Waals surface area contributed by atoms with E-state index in [0.29, 0.717) is 11.7 Å². The Labute approximate surface area is 165 Å². The van der Waals surface area contributed by atoms with Crippen LogP contribution in [0.2, 0.25) is 5.02 Å². The fourth-order valence-corrected chi connectivity index (χ4v) is 3.93. The van der Waals surface area contributed by atoms with E-state index in [0.717, 1.165) is 24.8 Å². The van der Waals surface area contributed by atoms with Crippen molar-refractivity contribution in [1.82, 2.24) is 9.88 Å². The second kappa shape index (κ2) is 8.30. The number of ether oxygens (including phenoxy) is 1. The molecule has 8 nitrogen and oxygen atoms in total. The Morgan fingerprint density at radius 2 is 2.15 bits per heavy atom. The predicted molar refractivity (Wildman–Crippen MR) is 103 cm³/mol. The highest BCUT2D eigenvalue weighted by atomic mass is 35.5. The minimum Gasteiger partial charge on any atom is -0.373 e. The van der Waals surface area contributed by atoms with Gasteiger partial charge in [0.25, 0.3) is 11.6 Å². The van der Waals surface area contributed by atoms with Gasteiger partial charge in [-0.15, -0.1) is 11.3 Å². The Bertz CT molecular complexity index is 849. The molecule has 2 aromatic rings. The van der Waals surface area contributed by atoms with Crippen LogP contribution in [0.3, 0.4) is 0 Å². The van der Waals surface area contributed by atoms with Crippen LogP contribution in [0.15, 0.2) is 23.6 Å². The number of rotatable bonds is 5. The zero-order valence-corrected chi connectivity index (χ0v) is 16.4. The summed E-state index contributed by atoms with van der Waals surface area (Å²) in [6.45, 7) is 6.42. The third kappa shape index (κ3) is 5.01. The van der Waals surface area contributed by atoms with Gasteiger partial charge in [0.15, 0.2) is 5.13 Å². The lowest BCUT2D eigenvalue weighted by atomic mass is 10.2. The number of nitrogens with zero attached hydrogens (tertiary/aromatic N) is 3. The number of benzene rings is 1. The van der Waals surface area contributed by atoms with Crippen LogP contribution in [-0.4, -0.2) is 46.0 Å². The van der Waals surface area contributed by atoms with Crippen LogP contribution < -0.4 is 5.32 Å². The van der Waals surface area contributed by atoms with Crippen molar-refractivity contribution in [2.24, 2.45) is 0 Å². The van der Waals surface area contributed by atoms with E-state index in [1.807, 2.05) is 19.2 Å². The molecule has 1 aliphatic heterocycles. The lowest BCUT2D eigenvalue weighted by molar-refractivity contribution is -0.384. The van der Waals surface area contributed by atoms with Crippen molar-refractivity contribution >= 4 is 39.7 Å². The van der Waals surface area contributed by atoms with Gasteiger partial charge in [-0.2, -0.15) is 0 Å². The number of halogens is 1. The minimum atomic E-state index is -0.620. The molecular formula is C17H19ClN4O4S. The molecule has 2 heterocycles. The topological polar surface area (TPSA) is 97.6 Å². The number of carbonyl (C=O) groups excluding carboxylic acids is 1. The summed E-state index contributed by atoms with van der Waals surface area (Å²) in [6.07, 6.45) is 0.347. The quantitative estimate of drug-likeness (QED) is 0.597. The van der Waals surface area contributed by atoms with E-state index in [2.05, 4.69) is 15.2 Å². The molecule has 1 fully saturated rings. The summed E-state index contributed by atoms with van der Waals surface area (Å²) >= 11 is 7.09. The summed E-state index contributed by atoms with van der Waals surface area (Å²) in [6, 6.07) is 3.93. The van der Waals surface area contributed by atoms with E-state index in [1.54, 1.807) is 0 Å². The molecule has 0 saturated carbocycles. The van der Waals surface area contributed by atoms with Crippen molar-refractivity contribution in [1.29, 1.82) is 0 Å². The van der Waals surface area contributed by atoms with Gasteiger partial charge < -0.3 is 4.74 Å². The summed E-state index contributed by atoms with van der Waals surface area (Å²) in [7, 11) is 0. The summed E-state index contributed by atoms with van der Waals surface area (Å²) in [5.74, 6) is -0.468. The molecule has 2 atom stereocenters. The van der Waals surface area contributed by atoms with Crippen LogP contribution in [0.1, 0.15) is 29.9 Å². The normalized spacial score (nSPS) is 20.4. The van der Waals surface area contributed by atoms with Gasteiger partial charge in [0.05, 0.1) is 22.8 Å². The molecule has 1 N–H and O–H groups in total. The van der Waals surface area contributed by atoms with Gasteiger partial charge in [0, 0.05) is 36.6 Å². The number of anilines is 1. The van der Waals surface area contributed by atoms with Gasteiger partial charge in [0.2, 0.25) is 0 Å². The fourth-order valence-electron chi connectivity index (χ4n) is 3.04. The van der Waals surface area contributed by atoms with E-state index < -0.39 is 10.8 Å². The molecule has 1 amide bonds. The van der Waals surface area contributed by atoms with Crippen molar-refractivity contribution < 1.29 is 14.5 Å². The number of hydrogen-bond donors (Lipinski definition) is 1. The standard InChI is InChI=1S/C17H19ClN4O4S/c1-10-6-21(7-11(2)26-10)8-13-9-27-17(19-13)20-16(23)12-3-4-14(18)15(5-12)22(24)25/h3-5,9-11H,6-8H2,1-2H3,(H,19,20,23)/t10-,11+. The first-order valence-corrected chi connectivity index (χ1v) is 9.65. The van der Waals surface area contributed by atoms with E-state index in [1.165, 1.54) is 23.5 Å². The first-order chi connectivity index (χ1) is 12.8. The van der Waals surface area contributed by atoms with Crippen LogP contribution in [0.4, 0.5) is 10.8 Å². The van der Waals surface area contributed by atoms with Crippen molar-refractivity contribution in [3.8, 4) is 0 Å². The van der Waals surface area contributed by atoms with Crippen LogP contribution in [-0.2, 0) is 11.3 Å². The molecule has 0 spiro atoms. The molecule has 1 aromatic heterocycles. The van der Waals surface area contributed by atoms with Crippen molar-refractivity contribution in [2.45, 2.75) is 32.6 Å². The molecule has 1 aliphatic rings. The second-order valence-corrected chi connectivity index (χ2v) is 7.74. The minimum absolute atomic E-state index is 0.0120. The zero-order valence-electron chi connectivity index (χ0n) is 14.8. The molecule has 0 unspecified atom stereocenters. The van der Waals surface area contributed by atoms with E-state index in [-0.39, 0.29) is 28.5 Å². The van der Waals surface area contributed by atoms with E-state index >= 15 is 0 Å². The molecule has 0 bridgehead atoms. The van der Waals surface area contributed by atoms with Gasteiger partial charge in [-0.25, -0.2) is 4.98 Å². The van der Waals surface area contributed by atoms with Crippen LogP contribution in [0.25, 0.3) is 0 Å². The fraction of sp³-hybridized carbons (Fsp3) is 0.412. The summed E-state index contributed by atoms with van der Waals surface area (Å²) in [5.41, 5.74) is 0.706. The molecule has 144 valence electrons. The number of morpholine rings is 1. The average molecular weight is 411 g/mol. The van der Waals surface area contributed by atoms with Gasteiger partial charge in [-0.05, 0) is 26.0 Å². The highest BCUT2D eigenvalue weighted by Crippen LogP contribution is 2.26. The molecule has 27 heavy (non-hydrogen) atoms. The number of nitro benzene ring substituents is 1. The number of aromatic nitrogens is 1. The average Bonchev–Trinajstić information content (AvgIpc) is 3.00. The van der Waals surface area contributed by atoms with Gasteiger partial charge in [0.1, 0.15) is 5.02 Å². The lowest BCUT2D eigenvalue weighted by Crippen LogP contribution is -2.44. The number of thiazole rings is 1. The zero-order chi connectivity index (χ0) is 19.6. The molecule has 0 aliphatic carbocycles.